The van der Waals surface area contributed by atoms with E-state index in [9.17, 15) is 4.79 Å². The van der Waals surface area contributed by atoms with Crippen molar-refractivity contribution in [2.45, 2.75) is 52.1 Å². The highest BCUT2D eigenvalue weighted by Gasteiger charge is 2.10. The summed E-state index contributed by atoms with van der Waals surface area (Å²) >= 11 is 0. The van der Waals surface area contributed by atoms with E-state index in [-0.39, 0.29) is 11.9 Å². The molecule has 2 nitrogen and oxygen atoms in total. The van der Waals surface area contributed by atoms with Crippen molar-refractivity contribution < 1.29 is 9.53 Å². The van der Waals surface area contributed by atoms with Crippen LogP contribution in [0.25, 0.3) is 0 Å². The first-order valence-corrected chi connectivity index (χ1v) is 7.15. The van der Waals surface area contributed by atoms with E-state index in [4.69, 9.17) is 4.74 Å². The molecule has 0 aliphatic heterocycles. The molecule has 1 aromatic carbocycles. The first-order valence-electron chi connectivity index (χ1n) is 7.15. The predicted molar refractivity (Wildman–Crippen MR) is 77.7 cm³/mol. The van der Waals surface area contributed by atoms with E-state index in [1.165, 1.54) is 24.8 Å². The van der Waals surface area contributed by atoms with Crippen molar-refractivity contribution in [1.82, 2.24) is 0 Å². The van der Waals surface area contributed by atoms with Crippen molar-refractivity contribution in [3.63, 3.8) is 0 Å². The summed E-state index contributed by atoms with van der Waals surface area (Å²) in [5.41, 5.74) is 2.02. The highest BCUT2D eigenvalue weighted by Crippen LogP contribution is 2.24. The van der Waals surface area contributed by atoms with Crippen molar-refractivity contribution in [3.05, 3.63) is 41.5 Å². The Morgan fingerprint density at radius 2 is 1.95 bits per heavy atom. The van der Waals surface area contributed by atoms with Crippen LogP contribution in [0.4, 0.5) is 0 Å². The van der Waals surface area contributed by atoms with Gasteiger partial charge in [0.25, 0.3) is 0 Å². The molecule has 0 heterocycles. The molecule has 1 aliphatic carbocycles. The molecule has 0 unspecified atom stereocenters. The Hall–Kier alpha value is -1.57. The lowest BCUT2D eigenvalue weighted by Gasteiger charge is -2.13. The molecule has 2 rings (SSSR count). The van der Waals surface area contributed by atoms with Gasteiger partial charge in [-0.25, -0.2) is 0 Å². The molecular formula is C17H22O2. The third kappa shape index (κ3) is 4.23. The van der Waals surface area contributed by atoms with Gasteiger partial charge in [0.2, 0.25) is 0 Å². The van der Waals surface area contributed by atoms with E-state index in [0.29, 0.717) is 0 Å². The Morgan fingerprint density at radius 3 is 2.63 bits per heavy atom. The monoisotopic (exact) mass is 258 g/mol. The minimum Gasteiger partial charge on any atom is -0.491 e. The normalized spacial score (nSPS) is 15.4. The fourth-order valence-electron chi connectivity index (χ4n) is 2.41. The predicted octanol–water partition coefficient (Wildman–Crippen LogP) is 4.55. The van der Waals surface area contributed by atoms with Gasteiger partial charge in [-0.3, -0.25) is 4.79 Å². The summed E-state index contributed by atoms with van der Waals surface area (Å²) in [6, 6.07) is 7.46. The van der Waals surface area contributed by atoms with Crippen molar-refractivity contribution in [2.24, 2.45) is 0 Å². The Balaban J connectivity index is 2.10. The maximum atomic E-state index is 12.2. The minimum atomic E-state index is 0.103. The number of ether oxygens (including phenoxy) is 1. The first-order chi connectivity index (χ1) is 9.15. The number of carbonyl (C=O) groups is 1. The molecule has 0 aromatic heterocycles. The van der Waals surface area contributed by atoms with Gasteiger partial charge in [-0.1, -0.05) is 24.1 Å². The molecule has 0 amide bonds. The zero-order valence-corrected chi connectivity index (χ0v) is 11.8. The zero-order valence-electron chi connectivity index (χ0n) is 11.8. The summed E-state index contributed by atoms with van der Waals surface area (Å²) in [5.74, 6) is 0.869. The van der Waals surface area contributed by atoms with Crippen LogP contribution < -0.4 is 4.74 Å². The molecule has 0 spiro atoms. The van der Waals surface area contributed by atoms with Crippen LogP contribution in [0, 0.1) is 0 Å². The Labute approximate surface area is 115 Å². The number of hydrogen-bond acceptors (Lipinski definition) is 2. The summed E-state index contributed by atoms with van der Waals surface area (Å²) in [6.45, 7) is 3.97. The standard InChI is InChI=1S/C17H22O2/c1-13(2)19-16-10-6-9-15(12-16)17(18)11-14-7-4-3-5-8-14/h6,9-13H,3-5,7-8H2,1-2H3. The van der Waals surface area contributed by atoms with E-state index in [0.717, 1.165) is 24.2 Å². The van der Waals surface area contributed by atoms with E-state index < -0.39 is 0 Å². The van der Waals surface area contributed by atoms with Crippen LogP contribution in [0.5, 0.6) is 5.75 Å². The van der Waals surface area contributed by atoms with Crippen LogP contribution in [-0.4, -0.2) is 11.9 Å². The van der Waals surface area contributed by atoms with Crippen LogP contribution in [0.1, 0.15) is 56.3 Å². The smallest absolute Gasteiger partial charge is 0.185 e. The number of rotatable bonds is 4. The molecule has 1 aliphatic rings. The highest BCUT2D eigenvalue weighted by atomic mass is 16.5. The molecule has 0 saturated heterocycles. The quantitative estimate of drug-likeness (QED) is 0.585. The summed E-state index contributed by atoms with van der Waals surface area (Å²) in [7, 11) is 0. The Morgan fingerprint density at radius 1 is 1.21 bits per heavy atom. The van der Waals surface area contributed by atoms with Gasteiger partial charge in [-0.15, -0.1) is 0 Å². The van der Waals surface area contributed by atoms with Gasteiger partial charge in [0.05, 0.1) is 6.10 Å². The average Bonchev–Trinajstić information content (AvgIpc) is 2.39. The summed E-state index contributed by atoms with van der Waals surface area (Å²) in [4.78, 5) is 12.2. The third-order valence-corrected chi connectivity index (χ3v) is 3.32. The maximum Gasteiger partial charge on any atom is 0.185 e. The van der Waals surface area contributed by atoms with Gasteiger partial charge in [0, 0.05) is 5.56 Å². The number of carbonyl (C=O) groups excluding carboxylic acids is 1. The van der Waals surface area contributed by atoms with Crippen molar-refractivity contribution >= 4 is 5.78 Å². The number of ketones is 1. The molecule has 1 fully saturated rings. The lowest BCUT2D eigenvalue weighted by atomic mass is 9.93. The minimum absolute atomic E-state index is 0.103. The zero-order chi connectivity index (χ0) is 13.7. The third-order valence-electron chi connectivity index (χ3n) is 3.32. The van der Waals surface area contributed by atoms with Crippen molar-refractivity contribution in [1.29, 1.82) is 0 Å². The SMILES string of the molecule is CC(C)Oc1cccc(C(=O)C=C2CCCCC2)c1. The molecule has 1 aromatic rings. The number of benzene rings is 1. The van der Waals surface area contributed by atoms with Crippen molar-refractivity contribution in [2.75, 3.05) is 0 Å². The summed E-state index contributed by atoms with van der Waals surface area (Å²) in [5, 5.41) is 0. The molecule has 1 saturated carbocycles. The second kappa shape index (κ2) is 6.55. The van der Waals surface area contributed by atoms with E-state index in [2.05, 4.69) is 0 Å². The Bertz CT molecular complexity index is 464. The van der Waals surface area contributed by atoms with Gasteiger partial charge in [0.15, 0.2) is 5.78 Å². The largest absolute Gasteiger partial charge is 0.491 e. The summed E-state index contributed by atoms with van der Waals surface area (Å²) < 4.78 is 5.62. The molecule has 0 radical (unpaired) electrons. The van der Waals surface area contributed by atoms with E-state index in [1.54, 1.807) is 0 Å². The van der Waals surface area contributed by atoms with Gasteiger partial charge < -0.3 is 4.74 Å². The summed E-state index contributed by atoms with van der Waals surface area (Å²) in [6.07, 6.45) is 7.84. The van der Waals surface area contributed by atoms with E-state index >= 15 is 0 Å². The van der Waals surface area contributed by atoms with Crippen LogP contribution in [0.3, 0.4) is 0 Å². The molecule has 2 heteroatoms. The van der Waals surface area contributed by atoms with Crippen molar-refractivity contribution in [3.8, 4) is 5.75 Å². The highest BCUT2D eigenvalue weighted by molar-refractivity contribution is 6.05. The van der Waals surface area contributed by atoms with Gasteiger partial charge in [0.1, 0.15) is 5.75 Å². The molecule has 102 valence electrons. The average molecular weight is 258 g/mol. The molecule has 0 bridgehead atoms. The Kier molecular flexibility index (Phi) is 4.78. The second-order valence-electron chi connectivity index (χ2n) is 5.42. The molecular weight excluding hydrogens is 236 g/mol. The van der Waals surface area contributed by atoms with Crippen LogP contribution >= 0.6 is 0 Å². The first kappa shape index (κ1) is 13.9. The van der Waals surface area contributed by atoms with Crippen LogP contribution in [0.15, 0.2) is 35.9 Å². The fourth-order valence-corrected chi connectivity index (χ4v) is 2.41. The van der Waals surface area contributed by atoms with E-state index in [1.807, 2.05) is 44.2 Å². The second-order valence-corrected chi connectivity index (χ2v) is 5.42. The number of allylic oxidation sites excluding steroid dienone is 2. The van der Waals surface area contributed by atoms with Crippen LogP contribution in [-0.2, 0) is 0 Å². The van der Waals surface area contributed by atoms with Gasteiger partial charge in [-0.2, -0.15) is 0 Å². The fraction of sp³-hybridized carbons (Fsp3) is 0.471. The van der Waals surface area contributed by atoms with Crippen LogP contribution in [0.2, 0.25) is 0 Å². The lowest BCUT2D eigenvalue weighted by Crippen LogP contribution is -2.06. The number of hydrogen-bond donors (Lipinski definition) is 0. The van der Waals surface area contributed by atoms with Gasteiger partial charge >= 0.3 is 0 Å². The molecule has 0 N–H and O–H groups in total. The molecule has 19 heavy (non-hydrogen) atoms. The maximum absolute atomic E-state index is 12.2. The molecule has 0 atom stereocenters. The lowest BCUT2D eigenvalue weighted by molar-refractivity contribution is 0.104. The topological polar surface area (TPSA) is 26.3 Å². The van der Waals surface area contributed by atoms with Gasteiger partial charge in [-0.05, 0) is 57.7 Å².